The lowest BCUT2D eigenvalue weighted by atomic mass is 10.1. The molecule has 3 aromatic carbocycles. The lowest BCUT2D eigenvalue weighted by Crippen LogP contribution is -2.18. The van der Waals surface area contributed by atoms with Crippen LogP contribution in [0.1, 0.15) is 27.0 Å². The van der Waals surface area contributed by atoms with Crippen LogP contribution in [0.25, 0.3) is 0 Å². The summed E-state index contributed by atoms with van der Waals surface area (Å²) in [6.07, 6.45) is 1.56. The van der Waals surface area contributed by atoms with E-state index in [9.17, 15) is 4.79 Å². The minimum absolute atomic E-state index is 0.330. The second kappa shape index (κ2) is 10.9. The van der Waals surface area contributed by atoms with Gasteiger partial charge in [0, 0.05) is 5.56 Å². The number of carbonyl (C=O) groups is 1. The predicted octanol–water partition coefficient (Wildman–Crippen LogP) is 4.36. The van der Waals surface area contributed by atoms with Crippen LogP contribution in [-0.2, 0) is 6.61 Å². The summed E-state index contributed by atoms with van der Waals surface area (Å²) in [5.74, 6) is 1.55. The molecule has 0 aromatic heterocycles. The molecule has 7 heteroatoms. The number of carbonyl (C=O) groups excluding carboxylic acids is 1. The Labute approximate surface area is 187 Å². The van der Waals surface area contributed by atoms with Gasteiger partial charge < -0.3 is 18.9 Å². The molecule has 0 aliphatic rings. The fourth-order valence-corrected chi connectivity index (χ4v) is 2.94. The highest BCUT2D eigenvalue weighted by atomic mass is 16.5. The number of hydrogen-bond acceptors (Lipinski definition) is 6. The van der Waals surface area contributed by atoms with E-state index < -0.39 is 5.91 Å². The molecule has 0 saturated heterocycles. The van der Waals surface area contributed by atoms with Gasteiger partial charge in [-0.2, -0.15) is 5.10 Å². The molecule has 1 amide bonds. The van der Waals surface area contributed by atoms with E-state index in [1.807, 2.05) is 36.4 Å². The zero-order valence-electron chi connectivity index (χ0n) is 18.5. The monoisotopic (exact) mass is 434 g/mol. The SMILES string of the molecule is COc1cc(C(=O)N/N=C/c2ccc(OCc3ccc(C)cc3)cc2)cc(OC)c1OC. The molecule has 0 aliphatic carbocycles. The first-order valence-corrected chi connectivity index (χ1v) is 9.96. The molecule has 3 aromatic rings. The smallest absolute Gasteiger partial charge is 0.271 e. The Bertz CT molecular complexity index is 1050. The van der Waals surface area contributed by atoms with Crippen LogP contribution in [0, 0.1) is 6.92 Å². The molecule has 0 aliphatic heterocycles. The Morgan fingerprint density at radius 3 is 2.09 bits per heavy atom. The minimum Gasteiger partial charge on any atom is -0.493 e. The third kappa shape index (κ3) is 5.78. The summed E-state index contributed by atoms with van der Waals surface area (Å²) in [7, 11) is 4.49. The Morgan fingerprint density at radius 2 is 1.53 bits per heavy atom. The van der Waals surface area contributed by atoms with E-state index in [-0.39, 0.29) is 0 Å². The Kier molecular flexibility index (Phi) is 7.70. The molecule has 0 radical (unpaired) electrons. The van der Waals surface area contributed by atoms with Crippen molar-refractivity contribution in [2.75, 3.05) is 21.3 Å². The van der Waals surface area contributed by atoms with Crippen molar-refractivity contribution in [2.45, 2.75) is 13.5 Å². The van der Waals surface area contributed by atoms with Crippen LogP contribution in [0.15, 0.2) is 65.8 Å². The lowest BCUT2D eigenvalue weighted by Gasteiger charge is -2.13. The summed E-state index contributed by atoms with van der Waals surface area (Å²) in [6.45, 7) is 2.55. The fourth-order valence-electron chi connectivity index (χ4n) is 2.94. The molecule has 166 valence electrons. The highest BCUT2D eigenvalue weighted by Crippen LogP contribution is 2.38. The summed E-state index contributed by atoms with van der Waals surface area (Å²) in [5.41, 5.74) is 5.97. The van der Waals surface area contributed by atoms with Gasteiger partial charge in [0.2, 0.25) is 5.75 Å². The number of hydrogen-bond donors (Lipinski definition) is 1. The van der Waals surface area contributed by atoms with E-state index in [1.165, 1.54) is 26.9 Å². The topological polar surface area (TPSA) is 78.4 Å². The Balaban J connectivity index is 1.58. The third-order valence-corrected chi connectivity index (χ3v) is 4.71. The maximum Gasteiger partial charge on any atom is 0.271 e. The van der Waals surface area contributed by atoms with Gasteiger partial charge in [-0.1, -0.05) is 29.8 Å². The van der Waals surface area contributed by atoms with Crippen molar-refractivity contribution in [3.8, 4) is 23.0 Å². The van der Waals surface area contributed by atoms with Gasteiger partial charge >= 0.3 is 0 Å². The van der Waals surface area contributed by atoms with Crippen LogP contribution >= 0.6 is 0 Å². The van der Waals surface area contributed by atoms with Gasteiger partial charge in [-0.25, -0.2) is 5.43 Å². The molecule has 3 rings (SSSR count). The summed E-state index contributed by atoms with van der Waals surface area (Å²) < 4.78 is 21.6. The number of benzene rings is 3. The van der Waals surface area contributed by atoms with Crippen LogP contribution in [0.4, 0.5) is 0 Å². The maximum atomic E-state index is 12.5. The van der Waals surface area contributed by atoms with E-state index in [0.29, 0.717) is 29.4 Å². The molecule has 0 spiro atoms. The number of nitrogens with zero attached hydrogens (tertiary/aromatic N) is 1. The molecule has 32 heavy (non-hydrogen) atoms. The number of methoxy groups -OCH3 is 3. The summed E-state index contributed by atoms with van der Waals surface area (Å²) in [6, 6.07) is 18.8. The van der Waals surface area contributed by atoms with Crippen molar-refractivity contribution in [3.05, 3.63) is 82.9 Å². The summed E-state index contributed by atoms with van der Waals surface area (Å²) >= 11 is 0. The van der Waals surface area contributed by atoms with Gasteiger partial charge in [0.15, 0.2) is 11.5 Å². The largest absolute Gasteiger partial charge is 0.493 e. The first-order valence-electron chi connectivity index (χ1n) is 9.96. The molecule has 7 nitrogen and oxygen atoms in total. The summed E-state index contributed by atoms with van der Waals surface area (Å²) in [4.78, 5) is 12.5. The molecule has 0 atom stereocenters. The van der Waals surface area contributed by atoms with Crippen molar-refractivity contribution < 1.29 is 23.7 Å². The van der Waals surface area contributed by atoms with E-state index in [1.54, 1.807) is 18.3 Å². The van der Waals surface area contributed by atoms with E-state index in [2.05, 4.69) is 29.6 Å². The van der Waals surface area contributed by atoms with Crippen molar-refractivity contribution in [1.29, 1.82) is 0 Å². The lowest BCUT2D eigenvalue weighted by molar-refractivity contribution is 0.0954. The number of amides is 1. The van der Waals surface area contributed by atoms with Gasteiger partial charge in [-0.15, -0.1) is 0 Å². The molecule has 0 fully saturated rings. The van der Waals surface area contributed by atoms with Crippen LogP contribution in [0.2, 0.25) is 0 Å². The third-order valence-electron chi connectivity index (χ3n) is 4.71. The van der Waals surface area contributed by atoms with Crippen molar-refractivity contribution in [1.82, 2.24) is 5.43 Å². The number of rotatable bonds is 9. The van der Waals surface area contributed by atoms with Crippen LogP contribution in [0.3, 0.4) is 0 Å². The normalized spacial score (nSPS) is 10.6. The van der Waals surface area contributed by atoms with Crippen LogP contribution < -0.4 is 24.4 Å². The average molecular weight is 434 g/mol. The molecular formula is C25H26N2O5. The van der Waals surface area contributed by atoms with Gasteiger partial charge in [-0.05, 0) is 54.4 Å². The maximum absolute atomic E-state index is 12.5. The number of aryl methyl sites for hydroxylation is 1. The number of nitrogens with one attached hydrogen (secondary N) is 1. The van der Waals surface area contributed by atoms with E-state index >= 15 is 0 Å². The van der Waals surface area contributed by atoms with Crippen molar-refractivity contribution in [3.63, 3.8) is 0 Å². The van der Waals surface area contributed by atoms with Crippen LogP contribution in [-0.4, -0.2) is 33.5 Å². The highest BCUT2D eigenvalue weighted by Gasteiger charge is 2.16. The first kappa shape index (κ1) is 22.7. The number of hydrazone groups is 1. The zero-order valence-corrected chi connectivity index (χ0v) is 18.5. The van der Waals surface area contributed by atoms with Crippen molar-refractivity contribution in [2.24, 2.45) is 5.10 Å². The molecule has 1 N–H and O–H groups in total. The van der Waals surface area contributed by atoms with Gasteiger partial charge in [0.05, 0.1) is 27.5 Å². The molecule has 0 heterocycles. The second-order valence-corrected chi connectivity index (χ2v) is 6.96. The second-order valence-electron chi connectivity index (χ2n) is 6.96. The van der Waals surface area contributed by atoms with Gasteiger partial charge in [-0.3, -0.25) is 4.79 Å². The van der Waals surface area contributed by atoms with E-state index in [4.69, 9.17) is 18.9 Å². The minimum atomic E-state index is -0.404. The molecule has 0 saturated carbocycles. The Morgan fingerprint density at radius 1 is 0.906 bits per heavy atom. The van der Waals surface area contributed by atoms with Gasteiger partial charge in [0.25, 0.3) is 5.91 Å². The fraction of sp³-hybridized carbons (Fsp3) is 0.200. The van der Waals surface area contributed by atoms with E-state index in [0.717, 1.165) is 16.9 Å². The summed E-state index contributed by atoms with van der Waals surface area (Å²) in [5, 5.41) is 4.02. The predicted molar refractivity (Wildman–Crippen MR) is 123 cm³/mol. The average Bonchev–Trinajstić information content (AvgIpc) is 2.83. The molecule has 0 unspecified atom stereocenters. The highest BCUT2D eigenvalue weighted by molar-refractivity contribution is 5.96. The standard InChI is InChI=1S/C25H26N2O5/c1-17-5-7-19(8-6-17)16-32-21-11-9-18(10-12-21)15-26-27-25(28)20-13-22(29-2)24(31-4)23(14-20)30-3/h5-15H,16H2,1-4H3,(H,27,28)/b26-15+. The first-order chi connectivity index (χ1) is 15.5. The van der Waals surface area contributed by atoms with Crippen molar-refractivity contribution >= 4 is 12.1 Å². The number of ether oxygens (including phenoxy) is 4. The molecular weight excluding hydrogens is 408 g/mol. The quantitative estimate of drug-likeness (QED) is 0.400. The molecule has 0 bridgehead atoms. The zero-order chi connectivity index (χ0) is 22.9. The Hall–Kier alpha value is -4.00. The van der Waals surface area contributed by atoms with Crippen LogP contribution in [0.5, 0.6) is 23.0 Å². The van der Waals surface area contributed by atoms with Gasteiger partial charge in [0.1, 0.15) is 12.4 Å².